The number of sulfonamides is 1. The van der Waals surface area contributed by atoms with Crippen molar-refractivity contribution in [1.29, 1.82) is 0 Å². The molecule has 1 heterocycles. The number of rotatable bonds is 12. The van der Waals surface area contributed by atoms with E-state index in [0.717, 1.165) is 11.3 Å². The molecule has 0 saturated heterocycles. The molecular formula is C23H26N2O4S2. The fourth-order valence-corrected chi connectivity index (χ4v) is 4.67. The van der Waals surface area contributed by atoms with E-state index < -0.39 is 10.0 Å². The molecule has 0 fully saturated rings. The summed E-state index contributed by atoms with van der Waals surface area (Å²) in [6.45, 7) is 1.86. The van der Waals surface area contributed by atoms with Crippen LogP contribution in [0.3, 0.4) is 0 Å². The monoisotopic (exact) mass is 458 g/mol. The summed E-state index contributed by atoms with van der Waals surface area (Å²) in [5, 5.41) is 4.70. The van der Waals surface area contributed by atoms with Crippen LogP contribution >= 0.6 is 11.3 Å². The van der Waals surface area contributed by atoms with Gasteiger partial charge in [0.25, 0.3) is 5.91 Å². The maximum absolute atomic E-state index is 12.5. The van der Waals surface area contributed by atoms with Gasteiger partial charge in [0, 0.05) is 30.1 Å². The summed E-state index contributed by atoms with van der Waals surface area (Å²) in [7, 11) is -3.69. The molecule has 2 aromatic carbocycles. The van der Waals surface area contributed by atoms with E-state index in [1.165, 1.54) is 29.0 Å². The molecular weight excluding hydrogens is 432 g/mol. The topological polar surface area (TPSA) is 84.5 Å². The first-order valence-corrected chi connectivity index (χ1v) is 12.4. The lowest BCUT2D eigenvalue weighted by Gasteiger charge is -2.09. The normalized spacial score (nSPS) is 11.4. The minimum absolute atomic E-state index is 0.0703. The molecule has 0 bridgehead atoms. The molecule has 164 valence electrons. The Bertz CT molecular complexity index is 1050. The van der Waals surface area contributed by atoms with E-state index in [1.807, 2.05) is 35.7 Å². The number of ether oxygens (including phenoxy) is 1. The summed E-state index contributed by atoms with van der Waals surface area (Å²) in [4.78, 5) is 13.4. The van der Waals surface area contributed by atoms with Crippen LogP contribution in [0.15, 0.2) is 77.0 Å². The molecule has 8 heteroatoms. The first kappa shape index (κ1) is 23.1. The highest BCUT2D eigenvalue weighted by molar-refractivity contribution is 7.89. The summed E-state index contributed by atoms with van der Waals surface area (Å²) in [6.07, 6.45) is 1.54. The predicted molar refractivity (Wildman–Crippen MR) is 123 cm³/mol. The maximum atomic E-state index is 12.5. The van der Waals surface area contributed by atoms with Gasteiger partial charge in [-0.1, -0.05) is 42.5 Å². The highest BCUT2D eigenvalue weighted by Gasteiger charge is 2.16. The summed E-state index contributed by atoms with van der Waals surface area (Å²) >= 11 is 1.48. The van der Waals surface area contributed by atoms with Crippen LogP contribution in [0.2, 0.25) is 0 Å². The molecule has 0 unspecified atom stereocenters. The smallest absolute Gasteiger partial charge is 0.251 e. The standard InChI is InChI=1S/C23H26N2O4S2/c26-23(24-13-6-14-29-15-12-19-7-2-1-3-8-19)20-9-4-11-22(17-20)31(27,28)25-18-21-10-5-16-30-21/h1-5,7-11,16-17,25H,6,12-15,18H2,(H,24,26). The number of thiophene rings is 1. The van der Waals surface area contributed by atoms with Crippen LogP contribution in [0.5, 0.6) is 0 Å². The quantitative estimate of drug-likeness (QED) is 0.406. The van der Waals surface area contributed by atoms with Gasteiger partial charge in [-0.2, -0.15) is 0 Å². The Labute approximate surface area is 187 Å². The number of carbonyl (C=O) groups excluding carboxylic acids is 1. The molecule has 6 nitrogen and oxygen atoms in total. The molecule has 0 aliphatic heterocycles. The third-order valence-electron chi connectivity index (χ3n) is 4.55. The minimum atomic E-state index is -3.69. The zero-order valence-corrected chi connectivity index (χ0v) is 18.8. The summed E-state index contributed by atoms with van der Waals surface area (Å²) < 4.78 is 33.2. The van der Waals surface area contributed by atoms with Gasteiger partial charge >= 0.3 is 0 Å². The minimum Gasteiger partial charge on any atom is -0.381 e. The van der Waals surface area contributed by atoms with Crippen molar-refractivity contribution in [2.75, 3.05) is 19.8 Å². The van der Waals surface area contributed by atoms with Gasteiger partial charge in [-0.05, 0) is 48.1 Å². The second-order valence-electron chi connectivity index (χ2n) is 6.89. The second kappa shape index (κ2) is 11.8. The van der Waals surface area contributed by atoms with Crippen molar-refractivity contribution in [3.05, 3.63) is 88.1 Å². The van der Waals surface area contributed by atoms with Crippen LogP contribution in [0.4, 0.5) is 0 Å². The van der Waals surface area contributed by atoms with Crippen molar-refractivity contribution >= 4 is 27.3 Å². The molecule has 0 aliphatic carbocycles. The Morgan fingerprint density at radius 1 is 0.968 bits per heavy atom. The Kier molecular flexibility index (Phi) is 8.78. The van der Waals surface area contributed by atoms with Crippen molar-refractivity contribution in [3.8, 4) is 0 Å². The largest absolute Gasteiger partial charge is 0.381 e. The molecule has 0 atom stereocenters. The van der Waals surface area contributed by atoms with Crippen LogP contribution in [-0.2, 0) is 27.7 Å². The molecule has 2 N–H and O–H groups in total. The zero-order valence-electron chi connectivity index (χ0n) is 17.1. The predicted octanol–water partition coefficient (Wildman–Crippen LogP) is 3.61. The van der Waals surface area contributed by atoms with E-state index in [9.17, 15) is 13.2 Å². The fraction of sp³-hybridized carbons (Fsp3) is 0.261. The van der Waals surface area contributed by atoms with E-state index in [4.69, 9.17) is 4.74 Å². The van der Waals surface area contributed by atoms with Gasteiger partial charge < -0.3 is 10.1 Å². The van der Waals surface area contributed by atoms with Crippen LogP contribution in [0.25, 0.3) is 0 Å². The van der Waals surface area contributed by atoms with Gasteiger partial charge in [0.15, 0.2) is 0 Å². The molecule has 0 saturated carbocycles. The molecule has 3 rings (SSSR count). The van der Waals surface area contributed by atoms with E-state index in [0.29, 0.717) is 31.7 Å². The number of hydrogen-bond donors (Lipinski definition) is 2. The van der Waals surface area contributed by atoms with Gasteiger partial charge in [0.1, 0.15) is 0 Å². The lowest BCUT2D eigenvalue weighted by Crippen LogP contribution is -2.26. The summed E-state index contributed by atoms with van der Waals surface area (Å²) in [6, 6.07) is 19.9. The Morgan fingerprint density at radius 3 is 2.58 bits per heavy atom. The summed E-state index contributed by atoms with van der Waals surface area (Å²) in [5.74, 6) is -0.306. The Morgan fingerprint density at radius 2 is 1.81 bits per heavy atom. The van der Waals surface area contributed by atoms with E-state index in [2.05, 4.69) is 22.2 Å². The van der Waals surface area contributed by atoms with Crippen molar-refractivity contribution in [2.24, 2.45) is 0 Å². The molecule has 1 amide bonds. The lowest BCUT2D eigenvalue weighted by atomic mass is 10.2. The Hall–Kier alpha value is -2.52. The van der Waals surface area contributed by atoms with Gasteiger partial charge in [0.05, 0.1) is 11.5 Å². The van der Waals surface area contributed by atoms with Gasteiger partial charge in [-0.3, -0.25) is 4.79 Å². The lowest BCUT2D eigenvalue weighted by molar-refractivity contribution is 0.0942. The highest BCUT2D eigenvalue weighted by Crippen LogP contribution is 2.14. The highest BCUT2D eigenvalue weighted by atomic mass is 32.2. The molecule has 1 aromatic heterocycles. The van der Waals surface area contributed by atoms with Crippen molar-refractivity contribution < 1.29 is 17.9 Å². The first-order chi connectivity index (χ1) is 15.0. The van der Waals surface area contributed by atoms with Crippen LogP contribution in [0.1, 0.15) is 27.2 Å². The number of hydrogen-bond acceptors (Lipinski definition) is 5. The molecule has 0 spiro atoms. The van der Waals surface area contributed by atoms with E-state index in [-0.39, 0.29) is 17.3 Å². The average Bonchev–Trinajstić information content (AvgIpc) is 3.32. The van der Waals surface area contributed by atoms with E-state index >= 15 is 0 Å². The molecule has 31 heavy (non-hydrogen) atoms. The zero-order chi connectivity index (χ0) is 21.9. The first-order valence-electron chi connectivity index (χ1n) is 10.1. The van der Waals surface area contributed by atoms with Crippen LogP contribution in [-0.4, -0.2) is 34.1 Å². The average molecular weight is 459 g/mol. The fourth-order valence-electron chi connectivity index (χ4n) is 2.88. The number of amides is 1. The van der Waals surface area contributed by atoms with Crippen molar-refractivity contribution in [1.82, 2.24) is 10.0 Å². The van der Waals surface area contributed by atoms with Gasteiger partial charge in [0.2, 0.25) is 10.0 Å². The van der Waals surface area contributed by atoms with Crippen molar-refractivity contribution in [3.63, 3.8) is 0 Å². The molecule has 0 aliphatic rings. The SMILES string of the molecule is O=C(NCCCOCCc1ccccc1)c1cccc(S(=O)(=O)NCc2cccs2)c1. The van der Waals surface area contributed by atoms with Crippen LogP contribution in [0, 0.1) is 0 Å². The number of carbonyl (C=O) groups is 1. The Balaban J connectivity index is 1.40. The third-order valence-corrected chi connectivity index (χ3v) is 6.83. The number of benzene rings is 2. The van der Waals surface area contributed by atoms with Crippen molar-refractivity contribution in [2.45, 2.75) is 24.3 Å². The maximum Gasteiger partial charge on any atom is 0.251 e. The second-order valence-corrected chi connectivity index (χ2v) is 9.69. The summed E-state index contributed by atoms with van der Waals surface area (Å²) in [5.41, 5.74) is 1.54. The van der Waals surface area contributed by atoms with Gasteiger partial charge in [-0.25, -0.2) is 13.1 Å². The van der Waals surface area contributed by atoms with Gasteiger partial charge in [-0.15, -0.1) is 11.3 Å². The molecule has 0 radical (unpaired) electrons. The van der Waals surface area contributed by atoms with E-state index in [1.54, 1.807) is 12.1 Å². The molecule has 3 aromatic rings. The third kappa shape index (κ3) is 7.59. The van der Waals surface area contributed by atoms with Crippen LogP contribution < -0.4 is 10.0 Å². The number of nitrogens with one attached hydrogen (secondary N) is 2.